The van der Waals surface area contributed by atoms with Gasteiger partial charge in [0.2, 0.25) is 0 Å². The first-order valence-electron chi connectivity index (χ1n) is 5.54. The fraction of sp³-hybridized carbons (Fsp3) is 0.308. The molecule has 0 unspecified atom stereocenters. The second kappa shape index (κ2) is 5.94. The molecule has 0 atom stereocenters. The first kappa shape index (κ1) is 11.5. The van der Waals surface area contributed by atoms with Gasteiger partial charge in [0.25, 0.3) is 0 Å². The van der Waals surface area contributed by atoms with E-state index in [0.717, 1.165) is 30.2 Å². The van der Waals surface area contributed by atoms with Crippen molar-refractivity contribution in [3.05, 3.63) is 42.6 Å². The standard InChI is InChI=1S/C13H15NO3/c1-15-11-5-2-3-6-12(11)16-9-4-7-13-14-8-10-17-13/h2-3,5-6,8,10H,4,7,9H2,1H3. The van der Waals surface area contributed by atoms with Crippen LogP contribution >= 0.6 is 0 Å². The van der Waals surface area contributed by atoms with Crippen LogP contribution in [0.2, 0.25) is 0 Å². The minimum absolute atomic E-state index is 0.614. The highest BCUT2D eigenvalue weighted by atomic mass is 16.5. The molecular weight excluding hydrogens is 218 g/mol. The highest BCUT2D eigenvalue weighted by Crippen LogP contribution is 2.25. The lowest BCUT2D eigenvalue weighted by atomic mass is 10.3. The molecule has 1 aromatic carbocycles. The van der Waals surface area contributed by atoms with E-state index in [4.69, 9.17) is 13.9 Å². The Hall–Kier alpha value is -1.97. The van der Waals surface area contributed by atoms with E-state index in [1.54, 1.807) is 19.6 Å². The molecule has 0 fully saturated rings. The van der Waals surface area contributed by atoms with Gasteiger partial charge in [0.05, 0.1) is 19.9 Å². The summed E-state index contributed by atoms with van der Waals surface area (Å²) in [5, 5.41) is 0. The Morgan fingerprint density at radius 1 is 1.24 bits per heavy atom. The SMILES string of the molecule is COc1ccccc1OCCCc1ncco1. The van der Waals surface area contributed by atoms with Crippen LogP contribution in [0.3, 0.4) is 0 Å². The Balaban J connectivity index is 1.78. The van der Waals surface area contributed by atoms with E-state index in [2.05, 4.69) is 4.98 Å². The largest absolute Gasteiger partial charge is 0.493 e. The zero-order chi connectivity index (χ0) is 11.9. The van der Waals surface area contributed by atoms with Crippen molar-refractivity contribution in [2.75, 3.05) is 13.7 Å². The maximum Gasteiger partial charge on any atom is 0.194 e. The summed E-state index contributed by atoms with van der Waals surface area (Å²) < 4.78 is 16.0. The summed E-state index contributed by atoms with van der Waals surface area (Å²) in [6.45, 7) is 0.614. The van der Waals surface area contributed by atoms with Crippen molar-refractivity contribution in [3.63, 3.8) is 0 Å². The van der Waals surface area contributed by atoms with Crippen LogP contribution in [0.1, 0.15) is 12.3 Å². The van der Waals surface area contributed by atoms with Crippen LogP contribution in [0.4, 0.5) is 0 Å². The van der Waals surface area contributed by atoms with Gasteiger partial charge in [-0.05, 0) is 18.6 Å². The molecule has 0 saturated heterocycles. The fourth-order valence-electron chi connectivity index (χ4n) is 1.52. The number of hydrogen-bond donors (Lipinski definition) is 0. The molecule has 2 aromatic rings. The third kappa shape index (κ3) is 3.24. The van der Waals surface area contributed by atoms with E-state index in [1.165, 1.54) is 0 Å². The maximum atomic E-state index is 5.63. The minimum atomic E-state index is 0.614. The Morgan fingerprint density at radius 3 is 2.76 bits per heavy atom. The van der Waals surface area contributed by atoms with Gasteiger partial charge in [0, 0.05) is 6.42 Å². The predicted octanol–water partition coefficient (Wildman–Crippen LogP) is 2.69. The van der Waals surface area contributed by atoms with Crippen LogP contribution in [0.25, 0.3) is 0 Å². The topological polar surface area (TPSA) is 44.5 Å². The van der Waals surface area contributed by atoms with E-state index in [1.807, 2.05) is 24.3 Å². The van der Waals surface area contributed by atoms with Gasteiger partial charge in [-0.25, -0.2) is 4.98 Å². The molecule has 0 radical (unpaired) electrons. The number of benzene rings is 1. The molecule has 4 nitrogen and oxygen atoms in total. The Kier molecular flexibility index (Phi) is 4.02. The summed E-state index contributed by atoms with van der Waals surface area (Å²) >= 11 is 0. The molecular formula is C13H15NO3. The molecule has 17 heavy (non-hydrogen) atoms. The lowest BCUT2D eigenvalue weighted by Crippen LogP contribution is -2.00. The van der Waals surface area contributed by atoms with Crippen molar-refractivity contribution in [2.24, 2.45) is 0 Å². The number of aryl methyl sites for hydroxylation is 1. The van der Waals surface area contributed by atoms with Gasteiger partial charge < -0.3 is 13.9 Å². The highest BCUT2D eigenvalue weighted by Gasteiger charge is 2.02. The first-order chi connectivity index (χ1) is 8.40. The molecule has 0 spiro atoms. The maximum absolute atomic E-state index is 5.63. The van der Waals surface area contributed by atoms with E-state index < -0.39 is 0 Å². The number of hydrogen-bond acceptors (Lipinski definition) is 4. The second-order valence-electron chi connectivity index (χ2n) is 3.53. The fourth-order valence-corrected chi connectivity index (χ4v) is 1.52. The van der Waals surface area contributed by atoms with Crippen LogP contribution in [0, 0.1) is 0 Å². The molecule has 0 aliphatic carbocycles. The van der Waals surface area contributed by atoms with Gasteiger partial charge in [-0.3, -0.25) is 0 Å². The zero-order valence-electron chi connectivity index (χ0n) is 9.76. The van der Waals surface area contributed by atoms with Crippen LogP contribution in [0.5, 0.6) is 11.5 Å². The van der Waals surface area contributed by atoms with Crippen molar-refractivity contribution in [2.45, 2.75) is 12.8 Å². The normalized spacial score (nSPS) is 10.2. The Labute approximate surface area is 100 Å². The third-order valence-corrected chi connectivity index (χ3v) is 2.35. The predicted molar refractivity (Wildman–Crippen MR) is 63.3 cm³/mol. The molecule has 1 heterocycles. The molecule has 0 saturated carbocycles. The summed E-state index contributed by atoms with van der Waals surface area (Å²) in [6.07, 6.45) is 4.87. The van der Waals surface area contributed by atoms with Gasteiger partial charge in [-0.15, -0.1) is 0 Å². The van der Waals surface area contributed by atoms with Gasteiger partial charge in [-0.1, -0.05) is 12.1 Å². The Morgan fingerprint density at radius 2 is 2.06 bits per heavy atom. The molecule has 0 aliphatic rings. The first-order valence-corrected chi connectivity index (χ1v) is 5.54. The molecule has 2 rings (SSSR count). The lowest BCUT2D eigenvalue weighted by molar-refractivity contribution is 0.285. The average molecular weight is 233 g/mol. The third-order valence-electron chi connectivity index (χ3n) is 2.35. The number of nitrogens with zero attached hydrogens (tertiary/aromatic N) is 1. The van der Waals surface area contributed by atoms with Crippen molar-refractivity contribution in [1.82, 2.24) is 4.98 Å². The molecule has 0 bridgehead atoms. The summed E-state index contributed by atoms with van der Waals surface area (Å²) in [4.78, 5) is 4.05. The number of methoxy groups -OCH3 is 1. The quantitative estimate of drug-likeness (QED) is 0.719. The molecule has 90 valence electrons. The molecule has 4 heteroatoms. The van der Waals surface area contributed by atoms with Crippen LogP contribution in [-0.4, -0.2) is 18.7 Å². The molecule has 0 N–H and O–H groups in total. The van der Waals surface area contributed by atoms with Crippen molar-refractivity contribution < 1.29 is 13.9 Å². The highest BCUT2D eigenvalue weighted by molar-refractivity contribution is 5.39. The Bertz CT molecular complexity index is 440. The van der Waals surface area contributed by atoms with Crippen LogP contribution in [-0.2, 0) is 6.42 Å². The lowest BCUT2D eigenvalue weighted by Gasteiger charge is -2.09. The van der Waals surface area contributed by atoms with Gasteiger partial charge in [0.15, 0.2) is 17.4 Å². The smallest absolute Gasteiger partial charge is 0.194 e. The van der Waals surface area contributed by atoms with E-state index >= 15 is 0 Å². The molecule has 0 aliphatic heterocycles. The van der Waals surface area contributed by atoms with Crippen molar-refractivity contribution in [1.29, 1.82) is 0 Å². The molecule has 0 amide bonds. The van der Waals surface area contributed by atoms with E-state index in [0.29, 0.717) is 6.61 Å². The van der Waals surface area contributed by atoms with Crippen molar-refractivity contribution >= 4 is 0 Å². The number of ether oxygens (including phenoxy) is 2. The molecule has 1 aromatic heterocycles. The summed E-state index contributed by atoms with van der Waals surface area (Å²) in [7, 11) is 1.63. The number of rotatable bonds is 6. The van der Waals surface area contributed by atoms with E-state index in [-0.39, 0.29) is 0 Å². The number of para-hydroxylation sites is 2. The number of aromatic nitrogens is 1. The van der Waals surface area contributed by atoms with E-state index in [9.17, 15) is 0 Å². The average Bonchev–Trinajstić information content (AvgIpc) is 2.88. The summed E-state index contributed by atoms with van der Waals surface area (Å²) in [5.41, 5.74) is 0. The zero-order valence-corrected chi connectivity index (χ0v) is 9.76. The van der Waals surface area contributed by atoms with Crippen LogP contribution in [0.15, 0.2) is 41.1 Å². The summed E-state index contributed by atoms with van der Waals surface area (Å²) in [6, 6.07) is 7.61. The number of oxazole rings is 1. The second-order valence-corrected chi connectivity index (χ2v) is 3.53. The van der Waals surface area contributed by atoms with Crippen LogP contribution < -0.4 is 9.47 Å². The van der Waals surface area contributed by atoms with Gasteiger partial charge in [0.1, 0.15) is 6.26 Å². The minimum Gasteiger partial charge on any atom is -0.493 e. The van der Waals surface area contributed by atoms with Crippen molar-refractivity contribution in [3.8, 4) is 11.5 Å². The van der Waals surface area contributed by atoms with Gasteiger partial charge in [-0.2, -0.15) is 0 Å². The monoisotopic (exact) mass is 233 g/mol. The van der Waals surface area contributed by atoms with Gasteiger partial charge >= 0.3 is 0 Å². The summed E-state index contributed by atoms with van der Waals surface area (Å²) in [5.74, 6) is 2.26.